The molecule has 1 aliphatic carbocycles. The number of rotatable bonds is 3. The van der Waals surface area contributed by atoms with E-state index >= 15 is 0 Å². The van der Waals surface area contributed by atoms with Gasteiger partial charge in [-0.2, -0.15) is 0 Å². The molecule has 0 unspecified atom stereocenters. The van der Waals surface area contributed by atoms with Crippen molar-refractivity contribution in [1.82, 2.24) is 9.47 Å². The highest BCUT2D eigenvalue weighted by atomic mass is 16.3. The fraction of sp³-hybridized carbons (Fsp3) is 0.500. The summed E-state index contributed by atoms with van der Waals surface area (Å²) >= 11 is 0. The van der Waals surface area contributed by atoms with Crippen LogP contribution in [-0.2, 0) is 7.05 Å². The van der Waals surface area contributed by atoms with Crippen LogP contribution in [0.25, 0.3) is 10.9 Å². The van der Waals surface area contributed by atoms with Gasteiger partial charge in [-0.1, -0.05) is 6.07 Å². The molecule has 0 saturated heterocycles. The van der Waals surface area contributed by atoms with E-state index in [0.29, 0.717) is 5.92 Å². The zero-order valence-electron chi connectivity index (χ0n) is 13.3. The number of aliphatic hydroxyl groups is 1. The Hall–Kier alpha value is -1.81. The Morgan fingerprint density at radius 3 is 2.68 bits per heavy atom. The molecular weight excluding hydrogens is 276 g/mol. The zero-order valence-corrected chi connectivity index (χ0v) is 13.3. The summed E-state index contributed by atoms with van der Waals surface area (Å²) in [6.45, 7) is 0.272. The van der Waals surface area contributed by atoms with Crippen LogP contribution in [0.3, 0.4) is 0 Å². The molecule has 2 aromatic rings. The normalized spacial score (nSPS) is 22.0. The highest BCUT2D eigenvalue weighted by Gasteiger charge is 2.27. The number of carbonyl (C=O) groups excluding carboxylic acids is 1. The quantitative estimate of drug-likeness (QED) is 0.947. The van der Waals surface area contributed by atoms with Crippen molar-refractivity contribution in [2.75, 3.05) is 13.7 Å². The molecular formula is C18H24N2O2. The number of benzene rings is 1. The minimum Gasteiger partial charge on any atom is -0.396 e. The largest absolute Gasteiger partial charge is 0.396 e. The summed E-state index contributed by atoms with van der Waals surface area (Å²) in [6, 6.07) is 8.21. The van der Waals surface area contributed by atoms with Gasteiger partial charge in [0.25, 0.3) is 5.91 Å². The molecule has 0 atom stereocenters. The van der Waals surface area contributed by atoms with Crippen molar-refractivity contribution >= 4 is 16.8 Å². The van der Waals surface area contributed by atoms with Crippen molar-refractivity contribution in [3.05, 3.63) is 36.0 Å². The first kappa shape index (κ1) is 15.1. The molecule has 0 spiro atoms. The van der Waals surface area contributed by atoms with Crippen LogP contribution in [0.5, 0.6) is 0 Å². The highest BCUT2D eigenvalue weighted by molar-refractivity contribution is 6.06. The summed E-state index contributed by atoms with van der Waals surface area (Å²) < 4.78 is 2.04. The third-order valence-electron chi connectivity index (χ3n) is 5.10. The van der Waals surface area contributed by atoms with E-state index in [1.807, 2.05) is 54.0 Å². The molecule has 118 valence electrons. The molecule has 3 rings (SSSR count). The van der Waals surface area contributed by atoms with E-state index < -0.39 is 0 Å². The van der Waals surface area contributed by atoms with Crippen LogP contribution in [0.15, 0.2) is 30.5 Å². The Kier molecular flexibility index (Phi) is 4.21. The number of hydrogen-bond acceptors (Lipinski definition) is 2. The first-order valence-electron chi connectivity index (χ1n) is 8.04. The van der Waals surface area contributed by atoms with E-state index in [9.17, 15) is 9.90 Å². The van der Waals surface area contributed by atoms with Crippen molar-refractivity contribution < 1.29 is 9.90 Å². The van der Waals surface area contributed by atoms with Gasteiger partial charge in [0.05, 0.1) is 0 Å². The summed E-state index contributed by atoms with van der Waals surface area (Å²) in [7, 11) is 3.91. The van der Waals surface area contributed by atoms with Gasteiger partial charge in [0.2, 0.25) is 0 Å². The van der Waals surface area contributed by atoms with Crippen LogP contribution in [-0.4, -0.2) is 40.2 Å². The molecule has 1 aliphatic rings. The Balaban J connectivity index is 1.80. The lowest BCUT2D eigenvalue weighted by atomic mass is 9.86. The second-order valence-corrected chi connectivity index (χ2v) is 6.44. The monoisotopic (exact) mass is 300 g/mol. The molecule has 1 heterocycles. The standard InChI is InChI=1S/C18H24N2O2/c1-19-11-10-15-16(4-3-5-17(15)19)18(22)20(2)14-8-6-13(12-21)7-9-14/h3-5,10-11,13-14,21H,6-9,12H2,1-2H3. The van der Waals surface area contributed by atoms with Gasteiger partial charge in [-0.15, -0.1) is 0 Å². The molecule has 0 radical (unpaired) electrons. The van der Waals surface area contributed by atoms with Crippen molar-refractivity contribution in [2.24, 2.45) is 13.0 Å². The number of aryl methyl sites for hydroxylation is 1. The summed E-state index contributed by atoms with van der Waals surface area (Å²) in [4.78, 5) is 14.8. The summed E-state index contributed by atoms with van der Waals surface area (Å²) in [6.07, 6.45) is 5.98. The van der Waals surface area contributed by atoms with Crippen LogP contribution in [0.1, 0.15) is 36.0 Å². The average molecular weight is 300 g/mol. The molecule has 1 saturated carbocycles. The van der Waals surface area contributed by atoms with Gasteiger partial charge in [-0.25, -0.2) is 0 Å². The van der Waals surface area contributed by atoms with E-state index in [1.54, 1.807) is 0 Å². The molecule has 4 nitrogen and oxygen atoms in total. The maximum absolute atomic E-state index is 12.9. The van der Waals surface area contributed by atoms with Gasteiger partial charge in [-0.3, -0.25) is 4.79 Å². The smallest absolute Gasteiger partial charge is 0.254 e. The Bertz CT molecular complexity index is 669. The molecule has 0 aliphatic heterocycles. The van der Waals surface area contributed by atoms with Gasteiger partial charge in [0.1, 0.15) is 0 Å². The number of hydrogen-bond donors (Lipinski definition) is 1. The zero-order chi connectivity index (χ0) is 15.7. The first-order valence-corrected chi connectivity index (χ1v) is 8.04. The molecule has 1 aromatic heterocycles. The molecule has 22 heavy (non-hydrogen) atoms. The van der Waals surface area contributed by atoms with E-state index in [4.69, 9.17) is 0 Å². The average Bonchev–Trinajstić information content (AvgIpc) is 2.95. The van der Waals surface area contributed by atoms with Crippen LogP contribution in [0, 0.1) is 5.92 Å². The van der Waals surface area contributed by atoms with Gasteiger partial charge in [-0.05, 0) is 49.8 Å². The highest BCUT2D eigenvalue weighted by Crippen LogP contribution is 2.28. The second kappa shape index (κ2) is 6.13. The van der Waals surface area contributed by atoms with Crippen LogP contribution >= 0.6 is 0 Å². The van der Waals surface area contributed by atoms with Gasteiger partial charge >= 0.3 is 0 Å². The Morgan fingerprint density at radius 1 is 1.27 bits per heavy atom. The third kappa shape index (κ3) is 2.63. The van der Waals surface area contributed by atoms with Crippen molar-refractivity contribution in [3.8, 4) is 0 Å². The Labute approximate surface area is 131 Å². The summed E-state index contributed by atoms with van der Waals surface area (Å²) in [5, 5.41) is 10.3. The predicted molar refractivity (Wildman–Crippen MR) is 87.8 cm³/mol. The summed E-state index contributed by atoms with van der Waals surface area (Å²) in [5.74, 6) is 0.515. The van der Waals surface area contributed by atoms with Gasteiger partial charge < -0.3 is 14.6 Å². The molecule has 1 aromatic carbocycles. The Morgan fingerprint density at radius 2 is 2.00 bits per heavy atom. The van der Waals surface area contributed by atoms with Gasteiger partial charge in [0.15, 0.2) is 0 Å². The lowest BCUT2D eigenvalue weighted by molar-refractivity contribution is 0.0655. The molecule has 1 N–H and O–H groups in total. The lowest BCUT2D eigenvalue weighted by Gasteiger charge is -2.34. The van der Waals surface area contributed by atoms with Crippen molar-refractivity contribution in [2.45, 2.75) is 31.7 Å². The minimum atomic E-state index is 0.101. The van der Waals surface area contributed by atoms with Crippen molar-refractivity contribution in [3.63, 3.8) is 0 Å². The minimum absolute atomic E-state index is 0.101. The van der Waals surface area contributed by atoms with Crippen LogP contribution in [0.4, 0.5) is 0 Å². The van der Waals surface area contributed by atoms with Crippen molar-refractivity contribution in [1.29, 1.82) is 0 Å². The summed E-state index contributed by atoms with van der Waals surface area (Å²) in [5.41, 5.74) is 1.87. The number of aliphatic hydroxyl groups excluding tert-OH is 1. The second-order valence-electron chi connectivity index (χ2n) is 6.44. The number of fused-ring (bicyclic) bond motifs is 1. The number of amides is 1. The fourth-order valence-corrected chi connectivity index (χ4v) is 3.56. The van der Waals surface area contributed by atoms with Crippen LogP contribution < -0.4 is 0 Å². The lowest BCUT2D eigenvalue weighted by Crippen LogP contribution is -2.39. The number of nitrogens with zero attached hydrogens (tertiary/aromatic N) is 2. The first-order chi connectivity index (χ1) is 10.6. The molecule has 4 heteroatoms. The molecule has 0 bridgehead atoms. The third-order valence-corrected chi connectivity index (χ3v) is 5.10. The molecule has 1 fully saturated rings. The van der Waals surface area contributed by atoms with Gasteiger partial charge in [0, 0.05) is 49.4 Å². The molecule has 1 amide bonds. The van der Waals surface area contributed by atoms with E-state index in [-0.39, 0.29) is 18.6 Å². The van der Waals surface area contributed by atoms with E-state index in [2.05, 4.69) is 0 Å². The van der Waals surface area contributed by atoms with Crippen LogP contribution in [0.2, 0.25) is 0 Å². The van der Waals surface area contributed by atoms with E-state index in [0.717, 1.165) is 42.1 Å². The maximum atomic E-state index is 12.9. The van der Waals surface area contributed by atoms with E-state index in [1.165, 1.54) is 0 Å². The predicted octanol–water partition coefficient (Wildman–Crippen LogP) is 2.80. The SMILES string of the molecule is CN(C(=O)c1cccc2c1ccn2C)C1CCC(CO)CC1. The maximum Gasteiger partial charge on any atom is 0.254 e. The number of aromatic nitrogens is 1. The topological polar surface area (TPSA) is 45.5 Å². The number of carbonyl (C=O) groups is 1. The fourth-order valence-electron chi connectivity index (χ4n) is 3.56.